The molecule has 1 N–H and O–H groups in total. The van der Waals surface area contributed by atoms with E-state index in [0.29, 0.717) is 11.5 Å². The first-order valence-electron chi connectivity index (χ1n) is 6.47. The van der Waals surface area contributed by atoms with Gasteiger partial charge in [-0.05, 0) is 31.2 Å². The number of methoxy groups -OCH3 is 1. The molecule has 23 heavy (non-hydrogen) atoms. The molecule has 1 atom stereocenters. The topological polar surface area (TPSA) is 121 Å². The lowest BCUT2D eigenvalue weighted by atomic mass is 10.1. The van der Waals surface area contributed by atoms with Crippen LogP contribution >= 0.6 is 0 Å². The minimum absolute atomic E-state index is 0.228. The molecule has 0 bridgehead atoms. The van der Waals surface area contributed by atoms with E-state index >= 15 is 0 Å². The molecule has 0 aliphatic carbocycles. The Labute approximate surface area is 130 Å². The first-order valence-corrected chi connectivity index (χ1v) is 6.47. The largest absolute Gasteiger partial charge is 0.453 e. The molecule has 0 unspecified atom stereocenters. The van der Waals surface area contributed by atoms with Crippen LogP contribution in [0.1, 0.15) is 17.3 Å². The van der Waals surface area contributed by atoms with E-state index in [0.717, 1.165) is 7.11 Å². The van der Waals surface area contributed by atoms with Crippen molar-refractivity contribution < 1.29 is 28.3 Å². The van der Waals surface area contributed by atoms with E-state index in [2.05, 4.69) is 14.9 Å². The molecule has 2 aromatic rings. The average Bonchev–Trinajstić information content (AvgIpc) is 3.09. The highest BCUT2D eigenvalue weighted by Gasteiger charge is 2.21. The minimum atomic E-state index is -1.16. The van der Waals surface area contributed by atoms with Crippen LogP contribution in [0.5, 0.6) is 0 Å². The summed E-state index contributed by atoms with van der Waals surface area (Å²) in [5.74, 6) is -1.18. The number of alkyl carbamates (subject to hydrolysis) is 1. The molecule has 1 heterocycles. The Morgan fingerprint density at radius 1 is 1.22 bits per heavy atom. The van der Waals surface area contributed by atoms with Crippen molar-refractivity contribution in [1.29, 1.82) is 0 Å². The van der Waals surface area contributed by atoms with Crippen molar-refractivity contribution in [2.24, 2.45) is 0 Å². The van der Waals surface area contributed by atoms with Crippen LogP contribution in [0.2, 0.25) is 0 Å². The minimum Gasteiger partial charge on any atom is -0.453 e. The molecule has 0 saturated carbocycles. The number of hydrogen-bond acceptors (Lipinski definition) is 8. The molecule has 120 valence electrons. The van der Waals surface area contributed by atoms with Gasteiger partial charge in [0.1, 0.15) is 0 Å². The van der Waals surface area contributed by atoms with E-state index in [1.807, 2.05) is 5.32 Å². The molecule has 1 aromatic carbocycles. The van der Waals surface area contributed by atoms with E-state index in [1.54, 1.807) is 12.1 Å². The summed E-state index contributed by atoms with van der Waals surface area (Å²) in [5, 5.41) is 9.20. The van der Waals surface area contributed by atoms with Crippen molar-refractivity contribution in [1.82, 2.24) is 15.5 Å². The quantitative estimate of drug-likeness (QED) is 0.833. The summed E-state index contributed by atoms with van der Waals surface area (Å²) in [6, 6.07) is 6.19. The second-order valence-electron chi connectivity index (χ2n) is 4.35. The highest BCUT2D eigenvalue weighted by atomic mass is 16.6. The first kappa shape index (κ1) is 16.1. The molecule has 2 amide bonds. The van der Waals surface area contributed by atoms with Gasteiger partial charge in [0.05, 0.1) is 12.7 Å². The average molecular weight is 319 g/mol. The predicted molar refractivity (Wildman–Crippen MR) is 75.2 cm³/mol. The van der Waals surface area contributed by atoms with Crippen molar-refractivity contribution in [3.8, 4) is 11.5 Å². The Kier molecular flexibility index (Phi) is 5.03. The second-order valence-corrected chi connectivity index (χ2v) is 4.35. The maximum absolute atomic E-state index is 11.9. The molecule has 9 heteroatoms. The molecule has 0 fully saturated rings. The van der Waals surface area contributed by atoms with Crippen molar-refractivity contribution >= 4 is 18.0 Å². The molecular formula is C14H13N3O6. The highest BCUT2D eigenvalue weighted by molar-refractivity contribution is 5.97. The molecule has 0 radical (unpaired) electrons. The lowest BCUT2D eigenvalue weighted by Crippen LogP contribution is -2.39. The van der Waals surface area contributed by atoms with Crippen LogP contribution in [0.4, 0.5) is 4.79 Å². The Morgan fingerprint density at radius 3 is 2.48 bits per heavy atom. The smallest absolute Gasteiger partial charge is 0.413 e. The van der Waals surface area contributed by atoms with Crippen LogP contribution in [0.25, 0.3) is 11.5 Å². The molecule has 0 saturated heterocycles. The predicted octanol–water partition coefficient (Wildman–Crippen LogP) is 1.16. The highest BCUT2D eigenvalue weighted by Crippen LogP contribution is 2.17. The number of hydrogen-bond donors (Lipinski definition) is 1. The van der Waals surface area contributed by atoms with Crippen LogP contribution in [-0.4, -0.2) is 41.4 Å². The van der Waals surface area contributed by atoms with Crippen LogP contribution in [0.15, 0.2) is 35.1 Å². The van der Waals surface area contributed by atoms with Crippen LogP contribution in [-0.2, 0) is 14.3 Å². The Morgan fingerprint density at radius 2 is 1.91 bits per heavy atom. The van der Waals surface area contributed by atoms with E-state index < -0.39 is 24.1 Å². The van der Waals surface area contributed by atoms with Gasteiger partial charge >= 0.3 is 12.1 Å². The number of nitrogens with one attached hydrogen (secondary N) is 1. The van der Waals surface area contributed by atoms with Gasteiger partial charge in [0.15, 0.2) is 6.10 Å². The summed E-state index contributed by atoms with van der Waals surface area (Å²) in [6.07, 6.45) is -0.891. The third-order valence-electron chi connectivity index (χ3n) is 2.79. The first-order chi connectivity index (χ1) is 11.0. The zero-order valence-electron chi connectivity index (χ0n) is 12.3. The van der Waals surface area contributed by atoms with Gasteiger partial charge in [-0.3, -0.25) is 10.1 Å². The van der Waals surface area contributed by atoms with Crippen LogP contribution < -0.4 is 5.32 Å². The zero-order chi connectivity index (χ0) is 16.8. The fourth-order valence-electron chi connectivity index (χ4n) is 1.58. The number of benzene rings is 1. The van der Waals surface area contributed by atoms with Gasteiger partial charge in [-0.2, -0.15) is 0 Å². The summed E-state index contributed by atoms with van der Waals surface area (Å²) >= 11 is 0. The fraction of sp³-hybridized carbons (Fsp3) is 0.214. The van der Waals surface area contributed by atoms with Gasteiger partial charge in [0.25, 0.3) is 5.91 Å². The number of carbonyl (C=O) groups excluding carboxylic acids is 3. The van der Waals surface area contributed by atoms with Crippen molar-refractivity contribution in [2.45, 2.75) is 13.0 Å². The number of carbonyl (C=O) groups is 3. The number of rotatable bonds is 4. The van der Waals surface area contributed by atoms with Gasteiger partial charge in [-0.15, -0.1) is 10.2 Å². The number of aromatic nitrogens is 2. The zero-order valence-corrected chi connectivity index (χ0v) is 12.3. The standard InChI is InChI=1S/C14H13N3O6/c1-8(11(18)16-14(20)21-2)23-13(19)10-5-3-9(4-6-10)12-17-15-7-22-12/h3-8H,1-2H3,(H,16,18,20)/t8-/m0/s1. The molecule has 0 aliphatic rings. The van der Waals surface area contributed by atoms with E-state index in [4.69, 9.17) is 9.15 Å². The van der Waals surface area contributed by atoms with Crippen molar-refractivity contribution in [2.75, 3.05) is 7.11 Å². The lowest BCUT2D eigenvalue weighted by Gasteiger charge is -2.12. The molecule has 0 spiro atoms. The molecule has 0 aliphatic heterocycles. The van der Waals surface area contributed by atoms with Gasteiger partial charge in [-0.1, -0.05) is 0 Å². The van der Waals surface area contributed by atoms with Crippen LogP contribution in [0.3, 0.4) is 0 Å². The Bertz CT molecular complexity index is 696. The Hall–Kier alpha value is -3.23. The van der Waals surface area contributed by atoms with Crippen molar-refractivity contribution in [3.63, 3.8) is 0 Å². The summed E-state index contributed by atoms with van der Waals surface area (Å²) in [4.78, 5) is 34.4. The number of ether oxygens (including phenoxy) is 2. The maximum atomic E-state index is 11.9. The Balaban J connectivity index is 1.98. The third kappa shape index (κ3) is 4.13. The lowest BCUT2D eigenvalue weighted by molar-refractivity contribution is -0.128. The number of esters is 1. The van der Waals surface area contributed by atoms with Crippen LogP contribution in [0, 0.1) is 0 Å². The third-order valence-corrected chi connectivity index (χ3v) is 2.79. The van der Waals surface area contributed by atoms with E-state index in [-0.39, 0.29) is 5.56 Å². The van der Waals surface area contributed by atoms with Gasteiger partial charge in [0.2, 0.25) is 12.3 Å². The second kappa shape index (κ2) is 7.16. The summed E-state index contributed by atoms with van der Waals surface area (Å²) in [6.45, 7) is 1.34. The van der Waals surface area contributed by atoms with Gasteiger partial charge in [0, 0.05) is 5.56 Å². The number of imide groups is 1. The molecule has 1 aromatic heterocycles. The number of nitrogens with zero attached hydrogens (tertiary/aromatic N) is 2. The van der Waals surface area contributed by atoms with E-state index in [9.17, 15) is 14.4 Å². The number of amides is 2. The monoisotopic (exact) mass is 319 g/mol. The SMILES string of the molecule is COC(=O)NC(=O)[C@H](C)OC(=O)c1ccc(-c2nnco2)cc1. The molecular weight excluding hydrogens is 306 g/mol. The van der Waals surface area contributed by atoms with Gasteiger partial charge < -0.3 is 13.9 Å². The summed E-state index contributed by atoms with van der Waals surface area (Å²) < 4.78 is 14.3. The maximum Gasteiger partial charge on any atom is 0.413 e. The fourth-order valence-corrected chi connectivity index (χ4v) is 1.58. The molecule has 2 rings (SSSR count). The van der Waals surface area contributed by atoms with Gasteiger partial charge in [-0.25, -0.2) is 9.59 Å². The van der Waals surface area contributed by atoms with Crippen molar-refractivity contribution in [3.05, 3.63) is 36.2 Å². The normalized spacial score (nSPS) is 11.4. The summed E-state index contributed by atoms with van der Waals surface area (Å²) in [7, 11) is 1.12. The summed E-state index contributed by atoms with van der Waals surface area (Å²) in [5.41, 5.74) is 0.863. The van der Waals surface area contributed by atoms with E-state index in [1.165, 1.54) is 25.5 Å². The molecule has 9 nitrogen and oxygen atoms in total.